The van der Waals surface area contributed by atoms with E-state index in [0.717, 1.165) is 32.9 Å². The smallest absolute Gasteiger partial charge is 0.130 e. The minimum Gasteiger partial charge on any atom is -0.507 e. The third-order valence-corrected chi connectivity index (χ3v) is 4.40. The van der Waals surface area contributed by atoms with Crippen molar-refractivity contribution in [1.82, 2.24) is 4.98 Å². The quantitative estimate of drug-likeness (QED) is 0.706. The fraction of sp³-hybridized carbons (Fsp3) is 0.118. The Hall–Kier alpha value is -2.20. The number of aromatic hydroxyl groups is 1. The molecule has 21 heavy (non-hydrogen) atoms. The second kappa shape index (κ2) is 6.06. The monoisotopic (exact) mass is 296 g/mol. The highest BCUT2D eigenvalue weighted by Gasteiger charge is 2.08. The highest BCUT2D eigenvalue weighted by molar-refractivity contribution is 7.98. The number of nitrogens with one attached hydrogen (secondary N) is 1. The van der Waals surface area contributed by atoms with Gasteiger partial charge in [-0.1, -0.05) is 30.3 Å². The molecule has 1 aromatic heterocycles. The number of fused-ring (bicyclic) bond motifs is 1. The zero-order valence-electron chi connectivity index (χ0n) is 11.7. The van der Waals surface area contributed by atoms with Crippen LogP contribution in [0.2, 0.25) is 0 Å². The van der Waals surface area contributed by atoms with Crippen LogP contribution in [0.5, 0.6) is 5.75 Å². The molecule has 0 amide bonds. The molecule has 0 saturated carbocycles. The Balaban J connectivity index is 1.91. The van der Waals surface area contributed by atoms with Gasteiger partial charge in [0.25, 0.3) is 0 Å². The third-order valence-electron chi connectivity index (χ3n) is 3.29. The Kier molecular flexibility index (Phi) is 3.97. The number of hydrogen-bond donors (Lipinski definition) is 2. The molecular weight excluding hydrogens is 280 g/mol. The maximum absolute atomic E-state index is 9.83. The Bertz CT molecular complexity index is 774. The fourth-order valence-electron chi connectivity index (χ4n) is 2.22. The van der Waals surface area contributed by atoms with Crippen molar-refractivity contribution in [3.05, 3.63) is 60.2 Å². The molecule has 0 bridgehead atoms. The number of aromatic nitrogens is 1. The average molecular weight is 296 g/mol. The predicted molar refractivity (Wildman–Crippen MR) is 89.0 cm³/mol. The van der Waals surface area contributed by atoms with Crippen molar-refractivity contribution in [3.8, 4) is 5.75 Å². The van der Waals surface area contributed by atoms with Gasteiger partial charge in [-0.2, -0.15) is 0 Å². The van der Waals surface area contributed by atoms with Crippen LogP contribution < -0.4 is 5.32 Å². The van der Waals surface area contributed by atoms with E-state index in [1.54, 1.807) is 17.8 Å². The standard InChI is InChI=1S/C17H16N2OS/c1-18-17-13(10-12-6-2-3-7-14(12)19-17)11-21-16-9-5-4-8-15(16)20/h2-10,20H,11H2,1H3,(H,18,19). The largest absolute Gasteiger partial charge is 0.507 e. The van der Waals surface area contributed by atoms with Crippen molar-refractivity contribution < 1.29 is 5.11 Å². The molecule has 3 aromatic rings. The molecule has 0 aliphatic heterocycles. The molecular formula is C17H16N2OS. The van der Waals surface area contributed by atoms with Gasteiger partial charge in [0.05, 0.1) is 5.52 Å². The molecule has 3 nitrogen and oxygen atoms in total. The van der Waals surface area contributed by atoms with Crippen LogP contribution in [-0.2, 0) is 5.75 Å². The second-order valence-electron chi connectivity index (χ2n) is 4.70. The number of phenols is 1. The Labute approximate surface area is 128 Å². The van der Waals surface area contributed by atoms with E-state index in [1.165, 1.54) is 0 Å². The van der Waals surface area contributed by atoms with E-state index in [2.05, 4.69) is 22.4 Å². The molecule has 1 heterocycles. The Morgan fingerprint density at radius 2 is 1.86 bits per heavy atom. The first-order chi connectivity index (χ1) is 10.3. The van der Waals surface area contributed by atoms with Crippen LogP contribution in [0, 0.1) is 0 Å². The maximum Gasteiger partial charge on any atom is 0.130 e. The van der Waals surface area contributed by atoms with Gasteiger partial charge >= 0.3 is 0 Å². The van der Waals surface area contributed by atoms with E-state index in [-0.39, 0.29) is 0 Å². The van der Waals surface area contributed by atoms with Crippen molar-refractivity contribution >= 4 is 28.5 Å². The fourth-order valence-corrected chi connectivity index (χ4v) is 3.14. The van der Waals surface area contributed by atoms with Crippen molar-refractivity contribution in [2.24, 2.45) is 0 Å². The number of para-hydroxylation sites is 2. The van der Waals surface area contributed by atoms with Crippen LogP contribution in [0.3, 0.4) is 0 Å². The second-order valence-corrected chi connectivity index (χ2v) is 5.71. The molecule has 0 radical (unpaired) electrons. The first kappa shape index (κ1) is 13.8. The zero-order chi connectivity index (χ0) is 14.7. The maximum atomic E-state index is 9.83. The number of pyridine rings is 1. The van der Waals surface area contributed by atoms with Gasteiger partial charge in [0.15, 0.2) is 0 Å². The highest BCUT2D eigenvalue weighted by Crippen LogP contribution is 2.32. The molecule has 0 atom stereocenters. The van der Waals surface area contributed by atoms with Gasteiger partial charge in [0.1, 0.15) is 11.6 Å². The predicted octanol–water partition coefficient (Wildman–Crippen LogP) is 4.27. The summed E-state index contributed by atoms with van der Waals surface area (Å²) in [6, 6.07) is 17.6. The summed E-state index contributed by atoms with van der Waals surface area (Å²) >= 11 is 1.61. The number of rotatable bonds is 4. The number of nitrogens with zero attached hydrogens (tertiary/aromatic N) is 1. The van der Waals surface area contributed by atoms with Crippen LogP contribution >= 0.6 is 11.8 Å². The van der Waals surface area contributed by atoms with Gasteiger partial charge in [0, 0.05) is 28.6 Å². The normalized spacial score (nSPS) is 10.7. The Morgan fingerprint density at radius 1 is 1.10 bits per heavy atom. The summed E-state index contributed by atoms with van der Waals surface area (Å²) in [4.78, 5) is 5.52. The first-order valence-electron chi connectivity index (χ1n) is 6.75. The molecule has 0 aliphatic rings. The summed E-state index contributed by atoms with van der Waals surface area (Å²) in [6.45, 7) is 0. The zero-order valence-corrected chi connectivity index (χ0v) is 12.5. The Morgan fingerprint density at radius 3 is 2.67 bits per heavy atom. The van der Waals surface area contributed by atoms with Crippen LogP contribution in [-0.4, -0.2) is 17.1 Å². The molecule has 0 spiro atoms. The summed E-state index contributed by atoms with van der Waals surface area (Å²) in [5.41, 5.74) is 2.11. The first-order valence-corrected chi connectivity index (χ1v) is 7.73. The summed E-state index contributed by atoms with van der Waals surface area (Å²) in [6.07, 6.45) is 0. The lowest BCUT2D eigenvalue weighted by Crippen LogP contribution is -1.98. The van der Waals surface area contributed by atoms with Crippen LogP contribution in [0.1, 0.15) is 5.56 Å². The molecule has 0 saturated heterocycles. The minimum absolute atomic E-state index is 0.322. The summed E-state index contributed by atoms with van der Waals surface area (Å²) in [7, 11) is 1.88. The number of benzene rings is 2. The molecule has 4 heteroatoms. The van der Waals surface area contributed by atoms with Crippen molar-refractivity contribution in [2.45, 2.75) is 10.6 Å². The topological polar surface area (TPSA) is 45.2 Å². The van der Waals surface area contributed by atoms with E-state index >= 15 is 0 Å². The lowest BCUT2D eigenvalue weighted by Gasteiger charge is -2.10. The SMILES string of the molecule is CNc1nc2ccccc2cc1CSc1ccccc1O. The summed E-state index contributed by atoms with van der Waals surface area (Å²) in [5, 5.41) is 14.1. The summed E-state index contributed by atoms with van der Waals surface area (Å²) in [5.74, 6) is 1.96. The van der Waals surface area contributed by atoms with Crippen LogP contribution in [0.25, 0.3) is 10.9 Å². The number of hydrogen-bond acceptors (Lipinski definition) is 4. The van der Waals surface area contributed by atoms with Gasteiger partial charge in [-0.3, -0.25) is 0 Å². The van der Waals surface area contributed by atoms with Crippen molar-refractivity contribution in [1.29, 1.82) is 0 Å². The van der Waals surface area contributed by atoms with E-state index in [4.69, 9.17) is 0 Å². The molecule has 0 fully saturated rings. The van der Waals surface area contributed by atoms with E-state index in [1.807, 2.05) is 43.4 Å². The van der Waals surface area contributed by atoms with Gasteiger partial charge in [-0.15, -0.1) is 11.8 Å². The van der Waals surface area contributed by atoms with Crippen LogP contribution in [0.15, 0.2) is 59.5 Å². The molecule has 0 unspecified atom stereocenters. The average Bonchev–Trinajstić information content (AvgIpc) is 2.53. The molecule has 2 aromatic carbocycles. The number of phenolic OH excluding ortho intramolecular Hbond substituents is 1. The third kappa shape index (κ3) is 2.95. The molecule has 106 valence electrons. The van der Waals surface area contributed by atoms with E-state index in [0.29, 0.717) is 5.75 Å². The number of anilines is 1. The van der Waals surface area contributed by atoms with Crippen molar-refractivity contribution in [3.63, 3.8) is 0 Å². The lowest BCUT2D eigenvalue weighted by atomic mass is 10.1. The van der Waals surface area contributed by atoms with Gasteiger partial charge in [-0.25, -0.2) is 4.98 Å². The van der Waals surface area contributed by atoms with E-state index < -0.39 is 0 Å². The number of thioether (sulfide) groups is 1. The lowest BCUT2D eigenvalue weighted by molar-refractivity contribution is 0.462. The van der Waals surface area contributed by atoms with Gasteiger partial charge in [0.2, 0.25) is 0 Å². The molecule has 2 N–H and O–H groups in total. The van der Waals surface area contributed by atoms with Crippen molar-refractivity contribution in [2.75, 3.05) is 12.4 Å². The van der Waals surface area contributed by atoms with Crippen LogP contribution in [0.4, 0.5) is 5.82 Å². The molecule has 3 rings (SSSR count). The van der Waals surface area contributed by atoms with Gasteiger partial charge in [-0.05, 0) is 24.3 Å². The van der Waals surface area contributed by atoms with E-state index in [9.17, 15) is 5.11 Å². The van der Waals surface area contributed by atoms with Gasteiger partial charge < -0.3 is 10.4 Å². The summed E-state index contributed by atoms with van der Waals surface area (Å²) < 4.78 is 0. The molecule has 0 aliphatic carbocycles. The highest BCUT2D eigenvalue weighted by atomic mass is 32.2. The minimum atomic E-state index is 0.322.